The molecule has 0 spiro atoms. The molecule has 0 aliphatic carbocycles. The lowest BCUT2D eigenvalue weighted by atomic mass is 10.1. The average Bonchev–Trinajstić information content (AvgIpc) is 2.84. The van der Waals surface area contributed by atoms with E-state index in [1.165, 1.54) is 0 Å². The Morgan fingerprint density at radius 3 is 2.83 bits per heavy atom. The van der Waals surface area contributed by atoms with Crippen molar-refractivity contribution in [3.05, 3.63) is 53.9 Å². The minimum atomic E-state index is 0.469. The molecule has 18 heavy (non-hydrogen) atoms. The molecule has 90 valence electrons. The van der Waals surface area contributed by atoms with Gasteiger partial charge in [0.15, 0.2) is 5.82 Å². The number of halogens is 1. The van der Waals surface area contributed by atoms with Gasteiger partial charge < -0.3 is 0 Å². The summed E-state index contributed by atoms with van der Waals surface area (Å²) in [6.07, 6.45) is 3.77. The number of aromatic nitrogens is 3. The van der Waals surface area contributed by atoms with Crippen LogP contribution in [0.1, 0.15) is 11.1 Å². The van der Waals surface area contributed by atoms with E-state index in [1.807, 2.05) is 49.6 Å². The topological polar surface area (TPSA) is 30.7 Å². The Morgan fingerprint density at radius 2 is 2.11 bits per heavy atom. The summed E-state index contributed by atoms with van der Waals surface area (Å²) >= 11 is 6.01. The van der Waals surface area contributed by atoms with Crippen molar-refractivity contribution < 1.29 is 0 Å². The predicted octanol–water partition coefficient (Wildman–Crippen LogP) is 3.47. The SMILES string of the molecule is Cc1cnn(-c2cc(CCl)c3ccccc3n2)c1. The predicted molar refractivity (Wildman–Crippen MR) is 73.2 cm³/mol. The highest BCUT2D eigenvalue weighted by atomic mass is 35.5. The van der Waals surface area contributed by atoms with Gasteiger partial charge in [0.1, 0.15) is 0 Å². The molecular weight excluding hydrogens is 246 g/mol. The number of hydrogen-bond donors (Lipinski definition) is 0. The first-order valence-corrected chi connectivity index (χ1v) is 6.27. The molecule has 1 aromatic carbocycles. The molecule has 0 N–H and O–H groups in total. The van der Waals surface area contributed by atoms with Crippen LogP contribution < -0.4 is 0 Å². The normalized spacial score (nSPS) is 11.0. The van der Waals surface area contributed by atoms with Crippen molar-refractivity contribution in [3.63, 3.8) is 0 Å². The van der Waals surface area contributed by atoms with Crippen LogP contribution in [-0.2, 0) is 5.88 Å². The van der Waals surface area contributed by atoms with E-state index in [2.05, 4.69) is 10.1 Å². The number of rotatable bonds is 2. The van der Waals surface area contributed by atoms with Gasteiger partial charge in [-0.3, -0.25) is 0 Å². The van der Waals surface area contributed by atoms with Crippen LogP contribution in [0.3, 0.4) is 0 Å². The Balaban J connectivity index is 2.25. The summed E-state index contributed by atoms with van der Waals surface area (Å²) in [6.45, 7) is 2.01. The number of fused-ring (bicyclic) bond motifs is 1. The molecule has 0 atom stereocenters. The van der Waals surface area contributed by atoms with Gasteiger partial charge in [0.2, 0.25) is 0 Å². The summed E-state index contributed by atoms with van der Waals surface area (Å²) in [7, 11) is 0. The Morgan fingerprint density at radius 1 is 1.28 bits per heavy atom. The number of benzene rings is 1. The molecule has 0 aliphatic rings. The van der Waals surface area contributed by atoms with Gasteiger partial charge >= 0.3 is 0 Å². The zero-order chi connectivity index (χ0) is 12.5. The van der Waals surface area contributed by atoms with Gasteiger partial charge in [0.05, 0.1) is 11.7 Å². The smallest absolute Gasteiger partial charge is 0.154 e. The minimum absolute atomic E-state index is 0.469. The van der Waals surface area contributed by atoms with Crippen molar-refractivity contribution in [1.82, 2.24) is 14.8 Å². The quantitative estimate of drug-likeness (QED) is 0.658. The monoisotopic (exact) mass is 257 g/mol. The molecular formula is C14H12ClN3. The highest BCUT2D eigenvalue weighted by molar-refractivity contribution is 6.18. The lowest BCUT2D eigenvalue weighted by Gasteiger charge is -2.07. The summed E-state index contributed by atoms with van der Waals surface area (Å²) < 4.78 is 1.78. The van der Waals surface area contributed by atoms with Gasteiger partial charge in [0.25, 0.3) is 0 Å². The highest BCUT2D eigenvalue weighted by Crippen LogP contribution is 2.21. The van der Waals surface area contributed by atoms with Crippen LogP contribution in [0.25, 0.3) is 16.7 Å². The van der Waals surface area contributed by atoms with Crippen LogP contribution in [0.2, 0.25) is 0 Å². The van der Waals surface area contributed by atoms with Crippen LogP contribution in [0.15, 0.2) is 42.7 Å². The van der Waals surface area contributed by atoms with E-state index < -0.39 is 0 Å². The largest absolute Gasteiger partial charge is 0.229 e. The number of hydrogen-bond acceptors (Lipinski definition) is 2. The Labute approximate surface area is 110 Å². The Hall–Kier alpha value is -1.87. The molecule has 4 heteroatoms. The highest BCUT2D eigenvalue weighted by Gasteiger charge is 2.06. The number of alkyl halides is 1. The molecule has 0 amide bonds. The van der Waals surface area contributed by atoms with Gasteiger partial charge in [-0.05, 0) is 30.2 Å². The number of para-hydroxylation sites is 1. The maximum atomic E-state index is 6.01. The van der Waals surface area contributed by atoms with Crippen molar-refractivity contribution in [2.24, 2.45) is 0 Å². The van der Waals surface area contributed by atoms with E-state index in [1.54, 1.807) is 4.68 Å². The van der Waals surface area contributed by atoms with Crippen molar-refractivity contribution in [1.29, 1.82) is 0 Å². The molecule has 0 aliphatic heterocycles. The van der Waals surface area contributed by atoms with Crippen LogP contribution in [-0.4, -0.2) is 14.8 Å². The maximum absolute atomic E-state index is 6.01. The summed E-state index contributed by atoms with van der Waals surface area (Å²) in [5, 5.41) is 5.38. The second-order valence-corrected chi connectivity index (χ2v) is 4.52. The standard InChI is InChI=1S/C14H12ClN3/c1-10-8-16-18(9-10)14-6-11(7-15)12-4-2-3-5-13(12)17-14/h2-6,8-9H,7H2,1H3. The summed E-state index contributed by atoms with van der Waals surface area (Å²) in [5.74, 6) is 1.27. The number of pyridine rings is 1. The van der Waals surface area contributed by atoms with Gasteiger partial charge in [-0.2, -0.15) is 5.10 Å². The first-order valence-electron chi connectivity index (χ1n) is 5.74. The second-order valence-electron chi connectivity index (χ2n) is 4.25. The third-order valence-electron chi connectivity index (χ3n) is 2.88. The molecule has 0 fully saturated rings. The zero-order valence-electron chi connectivity index (χ0n) is 9.97. The molecule has 3 aromatic rings. The summed E-state index contributed by atoms with van der Waals surface area (Å²) in [4.78, 5) is 4.61. The van der Waals surface area contributed by atoms with Crippen LogP contribution >= 0.6 is 11.6 Å². The van der Waals surface area contributed by atoms with E-state index in [9.17, 15) is 0 Å². The van der Waals surface area contributed by atoms with Crippen LogP contribution in [0.4, 0.5) is 0 Å². The fraction of sp³-hybridized carbons (Fsp3) is 0.143. The van der Waals surface area contributed by atoms with Gasteiger partial charge in [-0.25, -0.2) is 9.67 Å². The van der Waals surface area contributed by atoms with Crippen molar-refractivity contribution >= 4 is 22.5 Å². The Bertz CT molecular complexity index is 703. The van der Waals surface area contributed by atoms with Crippen molar-refractivity contribution in [2.75, 3.05) is 0 Å². The first-order chi connectivity index (χ1) is 8.78. The zero-order valence-corrected chi connectivity index (χ0v) is 10.7. The fourth-order valence-electron chi connectivity index (χ4n) is 2.00. The molecule has 0 bridgehead atoms. The third kappa shape index (κ3) is 1.87. The van der Waals surface area contributed by atoms with Gasteiger partial charge in [-0.15, -0.1) is 11.6 Å². The van der Waals surface area contributed by atoms with E-state index >= 15 is 0 Å². The molecule has 2 heterocycles. The van der Waals surface area contributed by atoms with Crippen LogP contribution in [0.5, 0.6) is 0 Å². The molecule has 3 rings (SSSR count). The second kappa shape index (κ2) is 4.42. The minimum Gasteiger partial charge on any atom is -0.229 e. The molecule has 0 saturated carbocycles. The fourth-order valence-corrected chi connectivity index (χ4v) is 2.22. The maximum Gasteiger partial charge on any atom is 0.154 e. The molecule has 0 saturated heterocycles. The van der Waals surface area contributed by atoms with E-state index in [0.29, 0.717) is 5.88 Å². The number of nitrogens with zero attached hydrogens (tertiary/aromatic N) is 3. The van der Waals surface area contributed by atoms with Gasteiger partial charge in [-0.1, -0.05) is 18.2 Å². The molecule has 0 unspecified atom stereocenters. The van der Waals surface area contributed by atoms with Crippen LogP contribution in [0, 0.1) is 6.92 Å². The first kappa shape index (κ1) is 11.2. The Kier molecular flexibility index (Phi) is 2.76. The van der Waals surface area contributed by atoms with E-state index in [-0.39, 0.29) is 0 Å². The lowest BCUT2D eigenvalue weighted by Crippen LogP contribution is -2.00. The average molecular weight is 258 g/mol. The summed E-state index contributed by atoms with van der Waals surface area (Å²) in [6, 6.07) is 9.99. The van der Waals surface area contributed by atoms with E-state index in [0.717, 1.165) is 27.8 Å². The molecule has 2 aromatic heterocycles. The summed E-state index contributed by atoms with van der Waals surface area (Å²) in [5.41, 5.74) is 3.13. The molecule has 0 radical (unpaired) electrons. The van der Waals surface area contributed by atoms with E-state index in [4.69, 9.17) is 11.6 Å². The molecule has 3 nitrogen and oxygen atoms in total. The lowest BCUT2D eigenvalue weighted by molar-refractivity contribution is 0.850. The van der Waals surface area contributed by atoms with Crippen molar-refractivity contribution in [2.45, 2.75) is 12.8 Å². The third-order valence-corrected chi connectivity index (χ3v) is 3.17. The van der Waals surface area contributed by atoms with Crippen molar-refractivity contribution in [3.8, 4) is 5.82 Å². The van der Waals surface area contributed by atoms with Gasteiger partial charge in [0, 0.05) is 17.5 Å². The number of aryl methyl sites for hydroxylation is 1.